The van der Waals surface area contributed by atoms with Gasteiger partial charge in [0.1, 0.15) is 6.29 Å². The fourth-order valence-electron chi connectivity index (χ4n) is 1.20. The smallest absolute Gasteiger partial charge is 0.150 e. The largest absolute Gasteiger partial charge is 0.298 e. The highest BCUT2D eigenvalue weighted by Crippen LogP contribution is 2.21. The molecule has 0 atom stereocenters. The number of aldehydes is 1. The van der Waals surface area contributed by atoms with Gasteiger partial charge in [0.15, 0.2) is 0 Å². The minimum atomic E-state index is 0.796. The van der Waals surface area contributed by atoms with Gasteiger partial charge in [-0.25, -0.2) is 0 Å². The zero-order valence-electron chi connectivity index (χ0n) is 8.75. The second-order valence-corrected chi connectivity index (χ2v) is 4.51. The highest BCUT2D eigenvalue weighted by atomic mass is 32.2. The van der Waals surface area contributed by atoms with E-state index in [2.05, 4.69) is 13.0 Å². The lowest BCUT2D eigenvalue weighted by Gasteiger charge is -2.03. The van der Waals surface area contributed by atoms with E-state index in [1.165, 1.54) is 17.7 Å². The molecule has 0 radical (unpaired) electrons. The number of rotatable bonds is 5. The standard InChI is InChI=1S/C12H16OS/c1-3-4-7-14-12-6-5-11(9-13)10(2)8-12/h5-6,8-9H,3-4,7H2,1-2H3. The number of aryl methyl sites for hydroxylation is 1. The molecular weight excluding hydrogens is 192 g/mol. The predicted molar refractivity (Wildman–Crippen MR) is 62.2 cm³/mol. The summed E-state index contributed by atoms with van der Waals surface area (Å²) in [7, 11) is 0. The number of carbonyl (C=O) groups is 1. The molecule has 14 heavy (non-hydrogen) atoms. The number of thioether (sulfide) groups is 1. The number of unbranched alkanes of at least 4 members (excludes halogenated alkanes) is 1. The van der Waals surface area contributed by atoms with Crippen LogP contribution >= 0.6 is 11.8 Å². The number of hydrogen-bond donors (Lipinski definition) is 0. The van der Waals surface area contributed by atoms with Crippen molar-refractivity contribution in [2.75, 3.05) is 5.75 Å². The van der Waals surface area contributed by atoms with E-state index in [0.29, 0.717) is 0 Å². The zero-order chi connectivity index (χ0) is 10.4. The molecule has 1 aromatic rings. The SMILES string of the molecule is CCCCSc1ccc(C=O)c(C)c1. The summed E-state index contributed by atoms with van der Waals surface area (Å²) >= 11 is 1.86. The van der Waals surface area contributed by atoms with Crippen molar-refractivity contribution in [3.8, 4) is 0 Å². The van der Waals surface area contributed by atoms with Crippen molar-refractivity contribution in [1.82, 2.24) is 0 Å². The summed E-state index contributed by atoms with van der Waals surface area (Å²) in [4.78, 5) is 11.9. The van der Waals surface area contributed by atoms with Crippen LogP contribution < -0.4 is 0 Å². The van der Waals surface area contributed by atoms with Crippen LogP contribution in [-0.2, 0) is 0 Å². The maximum absolute atomic E-state index is 10.6. The molecule has 0 fully saturated rings. The van der Waals surface area contributed by atoms with Crippen molar-refractivity contribution in [3.63, 3.8) is 0 Å². The molecule has 1 nitrogen and oxygen atoms in total. The van der Waals surface area contributed by atoms with Crippen molar-refractivity contribution in [2.45, 2.75) is 31.6 Å². The van der Waals surface area contributed by atoms with Crippen LogP contribution in [0, 0.1) is 6.92 Å². The second-order valence-electron chi connectivity index (χ2n) is 3.34. The van der Waals surface area contributed by atoms with Crippen LogP contribution in [0.5, 0.6) is 0 Å². The Hall–Kier alpha value is -0.760. The highest BCUT2D eigenvalue weighted by molar-refractivity contribution is 7.99. The van der Waals surface area contributed by atoms with Gasteiger partial charge in [-0.3, -0.25) is 4.79 Å². The fourth-order valence-corrected chi connectivity index (χ4v) is 2.30. The normalized spacial score (nSPS) is 10.1. The molecule has 0 aliphatic heterocycles. The monoisotopic (exact) mass is 208 g/mol. The maximum atomic E-state index is 10.6. The molecule has 0 amide bonds. The van der Waals surface area contributed by atoms with Gasteiger partial charge in [0.2, 0.25) is 0 Å². The van der Waals surface area contributed by atoms with Crippen LogP contribution in [0.1, 0.15) is 35.7 Å². The molecule has 1 rings (SSSR count). The second kappa shape index (κ2) is 5.86. The Kier molecular flexibility index (Phi) is 4.74. The molecule has 0 spiro atoms. The third-order valence-electron chi connectivity index (χ3n) is 2.13. The average molecular weight is 208 g/mol. The molecule has 0 bridgehead atoms. The summed E-state index contributed by atoms with van der Waals surface area (Å²) in [6, 6.07) is 6.01. The first kappa shape index (κ1) is 11.3. The molecule has 76 valence electrons. The fraction of sp³-hybridized carbons (Fsp3) is 0.417. The summed E-state index contributed by atoms with van der Waals surface area (Å²) in [5.41, 5.74) is 1.87. The molecule has 0 aliphatic carbocycles. The summed E-state index contributed by atoms with van der Waals surface area (Å²) in [5.74, 6) is 1.16. The van der Waals surface area contributed by atoms with E-state index in [0.717, 1.165) is 23.2 Å². The lowest BCUT2D eigenvalue weighted by atomic mass is 10.1. The van der Waals surface area contributed by atoms with Gasteiger partial charge >= 0.3 is 0 Å². The predicted octanol–water partition coefficient (Wildman–Crippen LogP) is 3.70. The van der Waals surface area contributed by atoms with Gasteiger partial charge in [0.25, 0.3) is 0 Å². The topological polar surface area (TPSA) is 17.1 Å². The molecule has 2 heteroatoms. The lowest BCUT2D eigenvalue weighted by Crippen LogP contribution is -1.86. The van der Waals surface area contributed by atoms with Gasteiger partial charge in [-0.05, 0) is 36.8 Å². The Bertz CT molecular complexity index is 307. The molecule has 0 heterocycles. The average Bonchev–Trinajstić information content (AvgIpc) is 2.18. The molecular formula is C12H16OS. The van der Waals surface area contributed by atoms with E-state index in [-0.39, 0.29) is 0 Å². The summed E-state index contributed by atoms with van der Waals surface area (Å²) in [5, 5.41) is 0. The molecule has 0 aromatic heterocycles. The first-order valence-corrected chi connectivity index (χ1v) is 5.95. The Morgan fingerprint density at radius 1 is 1.43 bits per heavy atom. The van der Waals surface area contributed by atoms with Crippen LogP contribution in [0.25, 0.3) is 0 Å². The van der Waals surface area contributed by atoms with E-state index in [1.54, 1.807) is 0 Å². The van der Waals surface area contributed by atoms with E-state index in [1.807, 2.05) is 30.8 Å². The van der Waals surface area contributed by atoms with E-state index >= 15 is 0 Å². The van der Waals surface area contributed by atoms with Gasteiger partial charge in [-0.2, -0.15) is 0 Å². The molecule has 0 saturated carbocycles. The zero-order valence-corrected chi connectivity index (χ0v) is 9.56. The Morgan fingerprint density at radius 2 is 2.21 bits per heavy atom. The van der Waals surface area contributed by atoms with Crippen molar-refractivity contribution in [1.29, 1.82) is 0 Å². The summed E-state index contributed by atoms with van der Waals surface area (Å²) < 4.78 is 0. The van der Waals surface area contributed by atoms with Crippen molar-refractivity contribution < 1.29 is 4.79 Å². The van der Waals surface area contributed by atoms with Gasteiger partial charge < -0.3 is 0 Å². The van der Waals surface area contributed by atoms with E-state index in [4.69, 9.17) is 0 Å². The van der Waals surface area contributed by atoms with Gasteiger partial charge in [0, 0.05) is 10.5 Å². The minimum Gasteiger partial charge on any atom is -0.298 e. The maximum Gasteiger partial charge on any atom is 0.150 e. The van der Waals surface area contributed by atoms with E-state index < -0.39 is 0 Å². The van der Waals surface area contributed by atoms with Gasteiger partial charge in [0.05, 0.1) is 0 Å². The molecule has 1 aromatic carbocycles. The third kappa shape index (κ3) is 3.18. The molecule has 0 aliphatic rings. The number of carbonyl (C=O) groups excluding carboxylic acids is 1. The summed E-state index contributed by atoms with van der Waals surface area (Å²) in [6.45, 7) is 4.18. The van der Waals surface area contributed by atoms with Crippen molar-refractivity contribution in [3.05, 3.63) is 29.3 Å². The number of benzene rings is 1. The van der Waals surface area contributed by atoms with Crippen LogP contribution in [0.4, 0.5) is 0 Å². The van der Waals surface area contributed by atoms with Gasteiger partial charge in [-0.1, -0.05) is 19.4 Å². The highest BCUT2D eigenvalue weighted by Gasteiger charge is 1.98. The van der Waals surface area contributed by atoms with Gasteiger partial charge in [-0.15, -0.1) is 11.8 Å². The molecule has 0 N–H and O–H groups in total. The summed E-state index contributed by atoms with van der Waals surface area (Å²) in [6.07, 6.45) is 3.40. The first-order valence-electron chi connectivity index (χ1n) is 4.96. The quantitative estimate of drug-likeness (QED) is 0.417. The van der Waals surface area contributed by atoms with Crippen LogP contribution in [-0.4, -0.2) is 12.0 Å². The van der Waals surface area contributed by atoms with Crippen LogP contribution in [0.2, 0.25) is 0 Å². The molecule has 0 unspecified atom stereocenters. The Labute approximate surface area is 89.9 Å². The minimum absolute atomic E-state index is 0.796. The molecule has 0 saturated heterocycles. The van der Waals surface area contributed by atoms with Crippen LogP contribution in [0.3, 0.4) is 0 Å². The van der Waals surface area contributed by atoms with Crippen molar-refractivity contribution in [2.24, 2.45) is 0 Å². The first-order chi connectivity index (χ1) is 6.77. The van der Waals surface area contributed by atoms with Crippen LogP contribution in [0.15, 0.2) is 23.1 Å². The van der Waals surface area contributed by atoms with E-state index in [9.17, 15) is 4.79 Å². The Balaban J connectivity index is 2.62. The third-order valence-corrected chi connectivity index (χ3v) is 3.21. The number of hydrogen-bond acceptors (Lipinski definition) is 2. The Morgan fingerprint density at radius 3 is 2.79 bits per heavy atom. The lowest BCUT2D eigenvalue weighted by molar-refractivity contribution is 0.112. The van der Waals surface area contributed by atoms with Crippen molar-refractivity contribution >= 4 is 18.0 Å².